The van der Waals surface area contributed by atoms with E-state index in [1.165, 1.54) is 0 Å². The summed E-state index contributed by atoms with van der Waals surface area (Å²) in [5, 5.41) is 0. The van der Waals surface area contributed by atoms with E-state index in [-0.39, 0.29) is 18.3 Å². The number of ketones is 1. The second kappa shape index (κ2) is 7.35. The van der Waals surface area contributed by atoms with Crippen molar-refractivity contribution < 1.29 is 23.7 Å². The van der Waals surface area contributed by atoms with Crippen LogP contribution in [0.1, 0.15) is 36.2 Å². The maximum absolute atomic E-state index is 12.6. The van der Waals surface area contributed by atoms with Gasteiger partial charge in [-0.05, 0) is 37.6 Å². The van der Waals surface area contributed by atoms with Crippen LogP contribution in [0.5, 0.6) is 11.5 Å². The lowest BCUT2D eigenvalue weighted by Crippen LogP contribution is -2.30. The van der Waals surface area contributed by atoms with Crippen LogP contribution in [0.25, 0.3) is 0 Å². The number of Topliss-reactive ketones (excluding diaryl/α,β-unsaturated/α-hetero) is 1. The molecule has 0 spiro atoms. The molecule has 2 unspecified atom stereocenters. The van der Waals surface area contributed by atoms with Crippen molar-refractivity contribution in [1.82, 2.24) is 0 Å². The van der Waals surface area contributed by atoms with Crippen molar-refractivity contribution in [1.29, 1.82) is 0 Å². The SMILES string of the molecule is CC(C)Oc1ccc2c(c1)C(=O)CC(C1=COC(Cc3ccccc3)O1)O2. The van der Waals surface area contributed by atoms with E-state index >= 15 is 0 Å². The molecule has 0 aliphatic carbocycles. The molecule has 5 heteroatoms. The lowest BCUT2D eigenvalue weighted by Gasteiger charge is -2.26. The van der Waals surface area contributed by atoms with Gasteiger partial charge in [0, 0.05) is 6.42 Å². The molecule has 5 nitrogen and oxygen atoms in total. The molecule has 0 amide bonds. The number of carbonyl (C=O) groups is 1. The van der Waals surface area contributed by atoms with Crippen molar-refractivity contribution in [3.63, 3.8) is 0 Å². The van der Waals surface area contributed by atoms with Gasteiger partial charge in [-0.15, -0.1) is 0 Å². The fourth-order valence-corrected chi connectivity index (χ4v) is 3.21. The average molecular weight is 366 g/mol. The number of hydrogen-bond acceptors (Lipinski definition) is 5. The van der Waals surface area contributed by atoms with Gasteiger partial charge in [-0.3, -0.25) is 4.79 Å². The van der Waals surface area contributed by atoms with Crippen molar-refractivity contribution in [3.8, 4) is 11.5 Å². The zero-order valence-corrected chi connectivity index (χ0v) is 15.4. The van der Waals surface area contributed by atoms with E-state index in [0.29, 0.717) is 29.2 Å². The van der Waals surface area contributed by atoms with Crippen molar-refractivity contribution in [2.75, 3.05) is 0 Å². The number of ether oxygens (including phenoxy) is 4. The Hall–Kier alpha value is -2.95. The molecule has 0 saturated carbocycles. The van der Waals surface area contributed by atoms with Crippen LogP contribution in [0, 0.1) is 0 Å². The second-order valence-electron chi connectivity index (χ2n) is 6.95. The summed E-state index contributed by atoms with van der Waals surface area (Å²) in [7, 11) is 0. The smallest absolute Gasteiger partial charge is 0.244 e. The largest absolute Gasteiger partial charge is 0.491 e. The van der Waals surface area contributed by atoms with E-state index in [2.05, 4.69) is 0 Å². The van der Waals surface area contributed by atoms with Gasteiger partial charge in [0.25, 0.3) is 0 Å². The Kier molecular flexibility index (Phi) is 4.75. The molecule has 0 bridgehead atoms. The molecule has 0 aromatic heterocycles. The molecular weight excluding hydrogens is 344 g/mol. The van der Waals surface area contributed by atoms with E-state index in [1.807, 2.05) is 50.2 Å². The summed E-state index contributed by atoms with van der Waals surface area (Å²) >= 11 is 0. The Morgan fingerprint density at radius 3 is 2.70 bits per heavy atom. The molecule has 2 aromatic rings. The van der Waals surface area contributed by atoms with Crippen LogP contribution < -0.4 is 9.47 Å². The summed E-state index contributed by atoms with van der Waals surface area (Å²) in [6, 6.07) is 15.3. The van der Waals surface area contributed by atoms with Crippen LogP contribution in [-0.4, -0.2) is 24.3 Å². The fourth-order valence-electron chi connectivity index (χ4n) is 3.21. The number of rotatable bonds is 5. The summed E-state index contributed by atoms with van der Waals surface area (Å²) < 4.78 is 23.2. The van der Waals surface area contributed by atoms with E-state index in [9.17, 15) is 4.79 Å². The molecule has 0 N–H and O–H groups in total. The highest BCUT2D eigenvalue weighted by Gasteiger charge is 2.34. The number of carbonyl (C=O) groups excluding carboxylic acids is 1. The first-order valence-electron chi connectivity index (χ1n) is 9.15. The van der Waals surface area contributed by atoms with Crippen molar-refractivity contribution in [2.24, 2.45) is 0 Å². The van der Waals surface area contributed by atoms with Gasteiger partial charge < -0.3 is 18.9 Å². The van der Waals surface area contributed by atoms with Gasteiger partial charge in [0.15, 0.2) is 17.6 Å². The summed E-state index contributed by atoms with van der Waals surface area (Å²) in [5.74, 6) is 1.77. The van der Waals surface area contributed by atoms with Gasteiger partial charge >= 0.3 is 0 Å². The Labute approximate surface area is 158 Å². The highest BCUT2D eigenvalue weighted by Crippen LogP contribution is 2.35. The summed E-state index contributed by atoms with van der Waals surface area (Å²) in [5.41, 5.74) is 1.67. The van der Waals surface area contributed by atoms with Crippen LogP contribution in [0.15, 0.2) is 60.6 Å². The van der Waals surface area contributed by atoms with Gasteiger partial charge in [0.1, 0.15) is 17.8 Å². The molecule has 2 aromatic carbocycles. The Morgan fingerprint density at radius 1 is 1.11 bits per heavy atom. The molecular formula is C22H22O5. The highest BCUT2D eigenvalue weighted by molar-refractivity contribution is 6.00. The Morgan fingerprint density at radius 2 is 1.93 bits per heavy atom. The van der Waals surface area contributed by atoms with Crippen LogP contribution in [-0.2, 0) is 15.9 Å². The molecule has 0 fully saturated rings. The Balaban J connectivity index is 1.42. The number of hydrogen-bond donors (Lipinski definition) is 0. The van der Waals surface area contributed by atoms with Crippen LogP contribution >= 0.6 is 0 Å². The highest BCUT2D eigenvalue weighted by atomic mass is 16.7. The summed E-state index contributed by atoms with van der Waals surface area (Å²) in [4.78, 5) is 12.6. The van der Waals surface area contributed by atoms with Crippen LogP contribution in [0.2, 0.25) is 0 Å². The van der Waals surface area contributed by atoms with Crippen LogP contribution in [0.3, 0.4) is 0 Å². The van der Waals surface area contributed by atoms with Crippen molar-refractivity contribution >= 4 is 5.78 Å². The molecule has 4 rings (SSSR count). The van der Waals surface area contributed by atoms with E-state index in [0.717, 1.165) is 5.56 Å². The summed E-state index contributed by atoms with van der Waals surface area (Å²) in [6.45, 7) is 3.90. The standard InChI is InChI=1S/C22H22O5/c1-14(2)25-16-8-9-19-17(11-16)18(23)12-20(26-19)21-13-24-22(27-21)10-15-6-4-3-5-7-15/h3-9,11,13-14,20,22H,10,12H2,1-2H3. The zero-order valence-electron chi connectivity index (χ0n) is 15.4. The third-order valence-electron chi connectivity index (χ3n) is 4.43. The predicted octanol–water partition coefficient (Wildman–Crippen LogP) is 4.26. The van der Waals surface area contributed by atoms with Crippen molar-refractivity contribution in [3.05, 3.63) is 71.7 Å². The molecule has 27 heavy (non-hydrogen) atoms. The molecule has 2 aliphatic heterocycles. The first-order chi connectivity index (χ1) is 13.1. The topological polar surface area (TPSA) is 54.0 Å². The first-order valence-corrected chi connectivity index (χ1v) is 9.15. The monoisotopic (exact) mass is 366 g/mol. The van der Waals surface area contributed by atoms with Gasteiger partial charge in [0.05, 0.1) is 18.1 Å². The molecule has 140 valence electrons. The van der Waals surface area contributed by atoms with Gasteiger partial charge in [0.2, 0.25) is 6.29 Å². The minimum atomic E-state index is -0.470. The molecule has 2 aliphatic rings. The molecule has 2 atom stereocenters. The number of fused-ring (bicyclic) bond motifs is 1. The third kappa shape index (κ3) is 3.92. The Bertz CT molecular complexity index is 856. The second-order valence-corrected chi connectivity index (χ2v) is 6.95. The van der Waals surface area contributed by atoms with Gasteiger partial charge in [-0.25, -0.2) is 0 Å². The molecule has 0 saturated heterocycles. The average Bonchev–Trinajstić information content (AvgIpc) is 3.11. The predicted molar refractivity (Wildman–Crippen MR) is 99.8 cm³/mol. The van der Waals surface area contributed by atoms with Gasteiger partial charge in [-0.1, -0.05) is 30.3 Å². The van der Waals surface area contributed by atoms with Gasteiger partial charge in [-0.2, -0.15) is 0 Å². The maximum atomic E-state index is 12.6. The maximum Gasteiger partial charge on any atom is 0.244 e. The molecule has 0 radical (unpaired) electrons. The minimum absolute atomic E-state index is 0.00599. The van der Waals surface area contributed by atoms with E-state index < -0.39 is 12.4 Å². The van der Waals surface area contributed by atoms with E-state index in [1.54, 1.807) is 18.4 Å². The first kappa shape index (κ1) is 17.5. The number of benzene rings is 2. The van der Waals surface area contributed by atoms with Crippen LogP contribution in [0.4, 0.5) is 0 Å². The quantitative estimate of drug-likeness (QED) is 0.791. The summed E-state index contributed by atoms with van der Waals surface area (Å²) in [6.07, 6.45) is 1.59. The van der Waals surface area contributed by atoms with E-state index in [4.69, 9.17) is 18.9 Å². The zero-order chi connectivity index (χ0) is 18.8. The van der Waals surface area contributed by atoms with Crippen molar-refractivity contribution in [2.45, 2.75) is 45.2 Å². The lowest BCUT2D eigenvalue weighted by molar-refractivity contribution is -0.0422. The normalized spacial score (nSPS) is 21.0. The fraction of sp³-hybridized carbons (Fsp3) is 0.318. The molecule has 2 heterocycles. The lowest BCUT2D eigenvalue weighted by atomic mass is 9.99. The third-order valence-corrected chi connectivity index (χ3v) is 4.43. The minimum Gasteiger partial charge on any atom is -0.491 e.